The minimum absolute atomic E-state index is 0.0618. The van der Waals surface area contributed by atoms with Gasteiger partial charge in [-0.15, -0.1) is 0 Å². The van der Waals surface area contributed by atoms with Gasteiger partial charge in [0.25, 0.3) is 0 Å². The van der Waals surface area contributed by atoms with E-state index >= 15 is 0 Å². The summed E-state index contributed by atoms with van der Waals surface area (Å²) in [6.45, 7) is 0.825. The van der Waals surface area contributed by atoms with Gasteiger partial charge in [-0.1, -0.05) is 18.2 Å². The van der Waals surface area contributed by atoms with Crippen molar-refractivity contribution in [1.82, 2.24) is 10.3 Å². The Bertz CT molecular complexity index is 918. The van der Waals surface area contributed by atoms with Crippen LogP contribution >= 0.6 is 0 Å². The lowest BCUT2D eigenvalue weighted by Crippen LogP contribution is -2.05. The molecule has 3 aromatic rings. The zero-order valence-electron chi connectivity index (χ0n) is 13.2. The molecule has 0 spiro atoms. The molecule has 120 valence electrons. The number of benzene rings is 2. The van der Waals surface area contributed by atoms with E-state index in [1.54, 1.807) is 18.2 Å². The van der Waals surface area contributed by atoms with Crippen molar-refractivity contribution in [3.63, 3.8) is 0 Å². The largest absolute Gasteiger partial charge is 0.473 e. The standard InChI is InChI=1S/C19H16FN3O/c1-22-11-14-3-4-15-6-7-19(23-18(15)9-14)24-12-16-5-2-13(10-21)8-17(16)20/h2-9,22H,11-12H2,1H3. The summed E-state index contributed by atoms with van der Waals surface area (Å²) >= 11 is 0. The molecule has 3 rings (SSSR count). The number of ether oxygens (including phenoxy) is 1. The zero-order valence-corrected chi connectivity index (χ0v) is 13.2. The molecule has 0 amide bonds. The molecule has 0 radical (unpaired) electrons. The molecule has 0 aliphatic carbocycles. The predicted molar refractivity (Wildman–Crippen MR) is 90.0 cm³/mol. The maximum Gasteiger partial charge on any atom is 0.214 e. The van der Waals surface area contributed by atoms with Crippen LogP contribution in [0.25, 0.3) is 10.9 Å². The lowest BCUT2D eigenvalue weighted by Gasteiger charge is -2.08. The quantitative estimate of drug-likeness (QED) is 0.781. The molecule has 1 N–H and O–H groups in total. The lowest BCUT2D eigenvalue weighted by atomic mass is 10.1. The number of aromatic nitrogens is 1. The second-order valence-corrected chi connectivity index (χ2v) is 5.41. The molecule has 0 fully saturated rings. The van der Waals surface area contributed by atoms with Crippen LogP contribution in [0, 0.1) is 17.1 Å². The summed E-state index contributed by atoms with van der Waals surface area (Å²) in [5.41, 5.74) is 2.64. The third kappa shape index (κ3) is 3.50. The molecule has 2 aromatic carbocycles. The highest BCUT2D eigenvalue weighted by Crippen LogP contribution is 2.20. The average Bonchev–Trinajstić information content (AvgIpc) is 2.60. The van der Waals surface area contributed by atoms with E-state index in [4.69, 9.17) is 10.00 Å². The van der Waals surface area contributed by atoms with Gasteiger partial charge in [-0.05, 0) is 36.9 Å². The van der Waals surface area contributed by atoms with E-state index in [1.165, 1.54) is 6.07 Å². The van der Waals surface area contributed by atoms with E-state index in [0.29, 0.717) is 11.4 Å². The lowest BCUT2D eigenvalue weighted by molar-refractivity contribution is 0.289. The number of nitriles is 1. The van der Waals surface area contributed by atoms with Crippen LogP contribution in [0.4, 0.5) is 4.39 Å². The third-order valence-corrected chi connectivity index (χ3v) is 3.67. The maximum atomic E-state index is 13.9. The molecule has 0 aliphatic rings. The maximum absolute atomic E-state index is 13.9. The van der Waals surface area contributed by atoms with Crippen molar-refractivity contribution in [1.29, 1.82) is 5.26 Å². The molecule has 0 saturated carbocycles. The molecule has 0 saturated heterocycles. The van der Waals surface area contributed by atoms with E-state index in [-0.39, 0.29) is 12.2 Å². The van der Waals surface area contributed by atoms with Crippen LogP contribution in [0.15, 0.2) is 48.5 Å². The van der Waals surface area contributed by atoms with Crippen LogP contribution in [0.2, 0.25) is 0 Å². The first-order chi connectivity index (χ1) is 11.7. The van der Waals surface area contributed by atoms with E-state index in [9.17, 15) is 4.39 Å². The Balaban J connectivity index is 1.78. The van der Waals surface area contributed by atoms with Crippen LogP contribution in [0.3, 0.4) is 0 Å². The van der Waals surface area contributed by atoms with Crippen molar-refractivity contribution in [3.05, 3.63) is 71.0 Å². The summed E-state index contributed by atoms with van der Waals surface area (Å²) in [5.74, 6) is -0.0148. The Morgan fingerprint density at radius 1 is 1.17 bits per heavy atom. The van der Waals surface area contributed by atoms with Crippen LogP contribution in [0.1, 0.15) is 16.7 Å². The highest BCUT2D eigenvalue weighted by Gasteiger charge is 2.06. The van der Waals surface area contributed by atoms with Crippen LogP contribution in [0.5, 0.6) is 5.88 Å². The smallest absolute Gasteiger partial charge is 0.214 e. The Labute approximate surface area is 139 Å². The van der Waals surface area contributed by atoms with Gasteiger partial charge >= 0.3 is 0 Å². The minimum Gasteiger partial charge on any atom is -0.473 e. The number of hydrogen-bond donors (Lipinski definition) is 1. The molecule has 0 atom stereocenters. The number of hydrogen-bond acceptors (Lipinski definition) is 4. The summed E-state index contributed by atoms with van der Waals surface area (Å²) in [6.07, 6.45) is 0. The van der Waals surface area contributed by atoms with E-state index in [1.807, 2.05) is 37.4 Å². The van der Waals surface area contributed by atoms with Gasteiger partial charge in [-0.3, -0.25) is 0 Å². The fourth-order valence-corrected chi connectivity index (χ4v) is 2.42. The van der Waals surface area contributed by atoms with E-state index in [2.05, 4.69) is 10.3 Å². The Morgan fingerprint density at radius 2 is 2.00 bits per heavy atom. The average molecular weight is 321 g/mol. The minimum atomic E-state index is -0.453. The first kappa shape index (κ1) is 15.9. The normalized spacial score (nSPS) is 10.5. The number of fused-ring (bicyclic) bond motifs is 1. The van der Waals surface area contributed by atoms with Crippen molar-refractivity contribution in [2.45, 2.75) is 13.2 Å². The fraction of sp³-hybridized carbons (Fsp3) is 0.158. The van der Waals surface area contributed by atoms with Gasteiger partial charge in [0.05, 0.1) is 17.1 Å². The van der Waals surface area contributed by atoms with Crippen molar-refractivity contribution in [2.75, 3.05) is 7.05 Å². The van der Waals surface area contributed by atoms with Crippen molar-refractivity contribution >= 4 is 10.9 Å². The second-order valence-electron chi connectivity index (χ2n) is 5.41. The summed E-state index contributed by atoms with van der Waals surface area (Å²) in [5, 5.41) is 12.9. The Morgan fingerprint density at radius 3 is 2.75 bits per heavy atom. The van der Waals surface area contributed by atoms with E-state index < -0.39 is 5.82 Å². The topological polar surface area (TPSA) is 57.9 Å². The van der Waals surface area contributed by atoms with Crippen molar-refractivity contribution in [3.8, 4) is 11.9 Å². The van der Waals surface area contributed by atoms with E-state index in [0.717, 1.165) is 23.0 Å². The molecule has 0 aliphatic heterocycles. The molecule has 1 aromatic heterocycles. The highest BCUT2D eigenvalue weighted by atomic mass is 19.1. The molecule has 1 heterocycles. The molecular formula is C19H16FN3O. The number of rotatable bonds is 5. The number of nitrogens with one attached hydrogen (secondary N) is 1. The number of nitrogens with zero attached hydrogens (tertiary/aromatic N) is 2. The van der Waals surface area contributed by atoms with Crippen molar-refractivity contribution < 1.29 is 9.13 Å². The van der Waals surface area contributed by atoms with Gasteiger partial charge in [0.2, 0.25) is 5.88 Å². The van der Waals surface area contributed by atoms with Crippen molar-refractivity contribution in [2.24, 2.45) is 0 Å². The summed E-state index contributed by atoms with van der Waals surface area (Å²) in [7, 11) is 1.89. The van der Waals surface area contributed by atoms with Crippen LogP contribution < -0.4 is 10.1 Å². The predicted octanol–water partition coefficient (Wildman–Crippen LogP) is 3.54. The van der Waals surface area contributed by atoms with Gasteiger partial charge in [0.1, 0.15) is 12.4 Å². The Kier molecular flexibility index (Phi) is 4.69. The molecule has 0 bridgehead atoms. The summed E-state index contributed by atoms with van der Waals surface area (Å²) in [6, 6.07) is 16.0. The van der Waals surface area contributed by atoms with Gasteiger partial charge < -0.3 is 10.1 Å². The third-order valence-electron chi connectivity index (χ3n) is 3.67. The van der Waals surface area contributed by atoms with Crippen LogP contribution in [-0.4, -0.2) is 12.0 Å². The monoisotopic (exact) mass is 321 g/mol. The molecule has 5 heteroatoms. The number of halogens is 1. The van der Waals surface area contributed by atoms with Gasteiger partial charge in [-0.25, -0.2) is 9.37 Å². The van der Waals surface area contributed by atoms with Gasteiger partial charge in [0, 0.05) is 23.6 Å². The summed E-state index contributed by atoms with van der Waals surface area (Å²) in [4.78, 5) is 4.47. The molecule has 24 heavy (non-hydrogen) atoms. The fourth-order valence-electron chi connectivity index (χ4n) is 2.42. The van der Waals surface area contributed by atoms with Crippen LogP contribution in [-0.2, 0) is 13.2 Å². The van der Waals surface area contributed by atoms with Gasteiger partial charge in [-0.2, -0.15) is 5.26 Å². The highest BCUT2D eigenvalue weighted by molar-refractivity contribution is 5.79. The zero-order chi connectivity index (χ0) is 16.9. The molecule has 0 unspecified atom stereocenters. The number of pyridine rings is 1. The first-order valence-electron chi connectivity index (χ1n) is 7.55. The Hall–Kier alpha value is -2.97. The molecular weight excluding hydrogens is 305 g/mol. The second kappa shape index (κ2) is 7.07. The first-order valence-corrected chi connectivity index (χ1v) is 7.55. The van der Waals surface area contributed by atoms with Gasteiger partial charge in [0.15, 0.2) is 0 Å². The molecule has 4 nitrogen and oxygen atoms in total. The summed E-state index contributed by atoms with van der Waals surface area (Å²) < 4.78 is 19.5. The SMILES string of the molecule is CNCc1ccc2ccc(OCc3ccc(C#N)cc3F)nc2c1.